The highest BCUT2D eigenvalue weighted by Crippen LogP contribution is 2.43. The second-order valence-corrected chi connectivity index (χ2v) is 17.8. The Labute approximate surface area is 369 Å². The Kier molecular flexibility index (Phi) is 8.15. The van der Waals surface area contributed by atoms with E-state index >= 15 is 0 Å². The van der Waals surface area contributed by atoms with Crippen molar-refractivity contribution >= 4 is 85.0 Å². The summed E-state index contributed by atoms with van der Waals surface area (Å²) in [5.74, 6) is 2.60. The van der Waals surface area contributed by atoms with E-state index in [0.29, 0.717) is 17.5 Å². The van der Waals surface area contributed by atoms with Gasteiger partial charge in [-0.2, -0.15) is 0 Å². The average molecular weight is 841 g/mol. The van der Waals surface area contributed by atoms with Crippen molar-refractivity contribution in [2.45, 2.75) is 0 Å². The maximum Gasteiger partial charge on any atom is 0.164 e. The van der Waals surface area contributed by atoms with E-state index in [-0.39, 0.29) is 0 Å². The predicted octanol–water partition coefficient (Wildman–Crippen LogP) is 14.8. The molecule has 8 aromatic carbocycles. The lowest BCUT2D eigenvalue weighted by molar-refractivity contribution is 1.08. The van der Waals surface area contributed by atoms with Gasteiger partial charge in [0.25, 0.3) is 0 Å². The zero-order valence-electron chi connectivity index (χ0n) is 33.5. The minimum absolute atomic E-state index is 0.624. The lowest BCUT2D eigenvalue weighted by Crippen LogP contribution is -2.00. The van der Waals surface area contributed by atoms with Crippen molar-refractivity contribution in [2.75, 3.05) is 0 Å². The van der Waals surface area contributed by atoms with Crippen LogP contribution in [0.3, 0.4) is 0 Å². The molecule has 8 heteroatoms. The van der Waals surface area contributed by atoms with E-state index in [0.717, 1.165) is 87.8 Å². The van der Waals surface area contributed by atoms with Crippen molar-refractivity contribution in [1.82, 2.24) is 29.5 Å². The van der Waals surface area contributed by atoms with Crippen LogP contribution in [0.1, 0.15) is 0 Å². The zero-order valence-corrected chi connectivity index (χ0v) is 35.1. The summed E-state index contributed by atoms with van der Waals surface area (Å²) in [5, 5.41) is 5.73. The Hall–Kier alpha value is -7.91. The molecule has 294 valence electrons. The first-order valence-electron chi connectivity index (χ1n) is 20.8. The summed E-state index contributed by atoms with van der Waals surface area (Å²) < 4.78 is 7.00. The number of para-hydroxylation sites is 2. The molecule has 0 amide bonds. The number of hydrogen-bond donors (Lipinski definition) is 0. The molecule has 0 unspecified atom stereocenters. The molecule has 0 atom stereocenters. The third kappa shape index (κ3) is 5.87. The molecule has 13 rings (SSSR count). The number of hydrogen-bond acceptors (Lipinski definition) is 7. The number of thiophene rings is 2. The van der Waals surface area contributed by atoms with Crippen LogP contribution in [-0.4, -0.2) is 29.5 Å². The second kappa shape index (κ2) is 14.3. The number of aromatic nitrogens is 6. The molecular formula is C55H32N6S2. The maximum absolute atomic E-state index is 5.29. The molecule has 0 bridgehead atoms. The van der Waals surface area contributed by atoms with Crippen LogP contribution in [0.2, 0.25) is 0 Å². The fraction of sp³-hybridized carbons (Fsp3) is 0. The lowest BCUT2D eigenvalue weighted by Gasteiger charge is -2.10. The molecule has 0 radical (unpaired) electrons. The van der Waals surface area contributed by atoms with Gasteiger partial charge >= 0.3 is 0 Å². The molecule has 0 fully saturated rings. The second-order valence-electron chi connectivity index (χ2n) is 15.6. The van der Waals surface area contributed by atoms with Gasteiger partial charge in [0.2, 0.25) is 0 Å². The molecule has 5 heterocycles. The van der Waals surface area contributed by atoms with Crippen LogP contribution in [0.25, 0.3) is 125 Å². The zero-order chi connectivity index (χ0) is 41.4. The molecule has 5 aromatic heterocycles. The minimum Gasteiger partial charge on any atom is -0.309 e. The number of benzene rings is 8. The number of fused-ring (bicyclic) bond motifs is 9. The van der Waals surface area contributed by atoms with E-state index in [4.69, 9.17) is 24.9 Å². The molecule has 0 spiro atoms. The van der Waals surface area contributed by atoms with E-state index < -0.39 is 0 Å². The first-order chi connectivity index (χ1) is 31.2. The summed E-state index contributed by atoms with van der Waals surface area (Å²) in [6, 6.07) is 67.8. The van der Waals surface area contributed by atoms with E-state index in [2.05, 4.69) is 174 Å². The van der Waals surface area contributed by atoms with Gasteiger partial charge in [-0.1, -0.05) is 140 Å². The third-order valence-electron chi connectivity index (χ3n) is 11.9. The van der Waals surface area contributed by atoms with Gasteiger partial charge in [0.15, 0.2) is 23.3 Å². The molecule has 0 aliphatic heterocycles. The van der Waals surface area contributed by atoms with Crippen LogP contribution in [0.5, 0.6) is 0 Å². The molecule has 6 nitrogen and oxygen atoms in total. The largest absolute Gasteiger partial charge is 0.309 e. The highest BCUT2D eigenvalue weighted by atomic mass is 32.1. The highest BCUT2D eigenvalue weighted by Gasteiger charge is 2.21. The van der Waals surface area contributed by atoms with E-state index in [1.54, 1.807) is 22.7 Å². The topological polar surface area (TPSA) is 69.4 Å². The highest BCUT2D eigenvalue weighted by molar-refractivity contribution is 7.26. The van der Waals surface area contributed by atoms with E-state index in [1.165, 1.54) is 19.5 Å². The molecule has 0 aliphatic rings. The van der Waals surface area contributed by atoms with Crippen molar-refractivity contribution in [3.8, 4) is 62.5 Å². The maximum atomic E-state index is 5.29. The monoisotopic (exact) mass is 840 g/mol. The van der Waals surface area contributed by atoms with Gasteiger partial charge in [-0.25, -0.2) is 24.9 Å². The van der Waals surface area contributed by atoms with Crippen molar-refractivity contribution in [2.24, 2.45) is 0 Å². The fourth-order valence-corrected chi connectivity index (χ4v) is 11.2. The summed E-state index contributed by atoms with van der Waals surface area (Å²) in [4.78, 5) is 26.1. The van der Waals surface area contributed by atoms with Crippen molar-refractivity contribution in [3.63, 3.8) is 0 Å². The summed E-state index contributed by atoms with van der Waals surface area (Å²) in [7, 11) is 0. The van der Waals surface area contributed by atoms with Gasteiger partial charge in [-0.05, 0) is 54.6 Å². The van der Waals surface area contributed by atoms with Gasteiger partial charge in [0.1, 0.15) is 0 Å². The number of nitrogens with zero attached hydrogens (tertiary/aromatic N) is 6. The van der Waals surface area contributed by atoms with Crippen LogP contribution in [0.4, 0.5) is 0 Å². The van der Waals surface area contributed by atoms with Gasteiger partial charge in [0.05, 0.1) is 26.9 Å². The Balaban J connectivity index is 0.965. The normalized spacial score (nSPS) is 11.8. The molecule has 0 saturated heterocycles. The first-order valence-corrected chi connectivity index (χ1v) is 22.5. The molecule has 13 aromatic rings. The minimum atomic E-state index is 0.624. The van der Waals surface area contributed by atoms with Gasteiger partial charge in [0, 0.05) is 74.5 Å². The summed E-state index contributed by atoms with van der Waals surface area (Å²) in [6.45, 7) is 0. The summed E-state index contributed by atoms with van der Waals surface area (Å²) >= 11 is 3.53. The lowest BCUT2D eigenvalue weighted by atomic mass is 10.0. The molecule has 0 N–H and O–H groups in total. The van der Waals surface area contributed by atoms with Crippen LogP contribution >= 0.6 is 22.7 Å². The Bertz CT molecular complexity index is 3910. The van der Waals surface area contributed by atoms with Gasteiger partial charge in [-0.15, -0.1) is 22.7 Å². The van der Waals surface area contributed by atoms with Crippen LogP contribution in [0, 0.1) is 0 Å². The van der Waals surface area contributed by atoms with Gasteiger partial charge < -0.3 is 4.57 Å². The van der Waals surface area contributed by atoms with Gasteiger partial charge in [-0.3, -0.25) is 0 Å². The Morgan fingerprint density at radius 2 is 0.968 bits per heavy atom. The van der Waals surface area contributed by atoms with E-state index in [9.17, 15) is 0 Å². The number of rotatable bonds is 6. The van der Waals surface area contributed by atoms with Crippen molar-refractivity contribution in [3.05, 3.63) is 194 Å². The summed E-state index contributed by atoms with van der Waals surface area (Å²) in [6.07, 6.45) is 0. The van der Waals surface area contributed by atoms with Crippen molar-refractivity contribution in [1.29, 1.82) is 0 Å². The average Bonchev–Trinajstić information content (AvgIpc) is 4.03. The smallest absolute Gasteiger partial charge is 0.164 e. The quantitative estimate of drug-likeness (QED) is 0.167. The third-order valence-corrected chi connectivity index (χ3v) is 14.2. The summed E-state index contributed by atoms with van der Waals surface area (Å²) in [5.41, 5.74) is 10.2. The standard InChI is InChI=1S/C55H32N6S2/c1-4-15-33(16-5-1)49-51-50(40-22-11-13-26-45(40)63-51)57-53(56-49)36-27-29-38-42-31-35(28-30-46(42)62-47(38)32-36)54-58-52(34-17-6-2-7-18-34)59-55(60-54)41-23-14-25-44-48(41)39-21-10-12-24-43(39)61(44)37-19-8-3-9-20-37/h1-32H. The van der Waals surface area contributed by atoms with Crippen LogP contribution in [-0.2, 0) is 0 Å². The molecule has 0 aliphatic carbocycles. The van der Waals surface area contributed by atoms with Crippen LogP contribution in [0.15, 0.2) is 194 Å². The molecule has 0 saturated carbocycles. The van der Waals surface area contributed by atoms with E-state index in [1.807, 2.05) is 24.3 Å². The first kappa shape index (κ1) is 35.8. The molecular weight excluding hydrogens is 809 g/mol. The SMILES string of the molecule is c1ccc(-c2nc(-c3ccc4sc5cc(-c6nc(-c7ccccc7)c7sc8ccccc8c7n6)ccc5c4c3)nc(-c3cccc4c3c3ccccc3n4-c3ccccc3)n2)cc1. The van der Waals surface area contributed by atoms with Crippen LogP contribution < -0.4 is 0 Å². The Morgan fingerprint density at radius 1 is 0.349 bits per heavy atom. The molecule has 63 heavy (non-hydrogen) atoms. The fourth-order valence-electron chi connectivity index (χ4n) is 8.97. The van der Waals surface area contributed by atoms with Crippen molar-refractivity contribution < 1.29 is 0 Å². The Morgan fingerprint density at radius 3 is 1.79 bits per heavy atom. The predicted molar refractivity (Wildman–Crippen MR) is 263 cm³/mol.